The van der Waals surface area contributed by atoms with E-state index >= 15 is 0 Å². The molecule has 1 N–H and O–H groups in total. The molecule has 0 aliphatic heterocycles. The van der Waals surface area contributed by atoms with E-state index in [4.69, 9.17) is 10.00 Å². The highest BCUT2D eigenvalue weighted by atomic mass is 19.1. The quantitative estimate of drug-likeness (QED) is 0.436. The molecule has 0 unspecified atom stereocenters. The van der Waals surface area contributed by atoms with E-state index < -0.39 is 11.4 Å². The summed E-state index contributed by atoms with van der Waals surface area (Å²) < 4.78 is 21.5. The van der Waals surface area contributed by atoms with Crippen LogP contribution in [0.25, 0.3) is 0 Å². The van der Waals surface area contributed by atoms with Crippen LogP contribution < -0.4 is 21.4 Å². The molecule has 10 heteroatoms. The molecule has 0 radical (unpaired) electrons. The molecule has 0 fully saturated rings. The van der Waals surface area contributed by atoms with Gasteiger partial charge >= 0.3 is 11.4 Å². The van der Waals surface area contributed by atoms with Crippen molar-refractivity contribution in [1.82, 2.24) is 19.1 Å². The number of nitrogens with one attached hydrogen (secondary N) is 1. The van der Waals surface area contributed by atoms with E-state index in [-0.39, 0.29) is 24.9 Å². The molecular formula is C25H21FN6O3. The number of aryl methyl sites for hydroxylation is 1. The fourth-order valence-electron chi connectivity index (χ4n) is 3.40. The Kier molecular flexibility index (Phi) is 6.69. The number of hydrogen-bond acceptors (Lipinski definition) is 7. The van der Waals surface area contributed by atoms with Gasteiger partial charge in [-0.2, -0.15) is 10.2 Å². The minimum absolute atomic E-state index is 0.0656. The molecule has 0 bridgehead atoms. The zero-order valence-corrected chi connectivity index (χ0v) is 19.0. The van der Waals surface area contributed by atoms with E-state index in [1.807, 2.05) is 13.0 Å². The van der Waals surface area contributed by atoms with Gasteiger partial charge in [-0.25, -0.2) is 23.5 Å². The normalized spacial score (nSPS) is 10.6. The summed E-state index contributed by atoms with van der Waals surface area (Å²) in [5.41, 5.74) is 1.25. The van der Waals surface area contributed by atoms with Crippen molar-refractivity contribution in [3.8, 4) is 17.7 Å². The van der Waals surface area contributed by atoms with Gasteiger partial charge in [0.2, 0.25) is 11.8 Å². The highest BCUT2D eigenvalue weighted by Gasteiger charge is 2.14. The number of halogens is 1. The molecule has 0 spiro atoms. The lowest BCUT2D eigenvalue weighted by molar-refractivity contribution is 0.459. The predicted molar refractivity (Wildman–Crippen MR) is 127 cm³/mol. The summed E-state index contributed by atoms with van der Waals surface area (Å²) >= 11 is 0. The Balaban J connectivity index is 1.64. The van der Waals surface area contributed by atoms with Crippen molar-refractivity contribution in [2.45, 2.75) is 26.9 Å². The summed E-state index contributed by atoms with van der Waals surface area (Å²) in [6, 6.07) is 16.2. The molecule has 0 aliphatic rings. The molecule has 0 atom stereocenters. The lowest BCUT2D eigenvalue weighted by atomic mass is 10.2. The molecule has 0 amide bonds. The van der Waals surface area contributed by atoms with E-state index in [1.165, 1.54) is 22.9 Å². The monoisotopic (exact) mass is 472 g/mol. The third kappa shape index (κ3) is 5.25. The zero-order chi connectivity index (χ0) is 24.9. The average Bonchev–Trinajstić information content (AvgIpc) is 2.85. The van der Waals surface area contributed by atoms with Crippen molar-refractivity contribution in [2.75, 3.05) is 5.32 Å². The van der Waals surface area contributed by atoms with Crippen LogP contribution in [0, 0.1) is 24.1 Å². The number of rotatable bonds is 7. The molecule has 4 rings (SSSR count). The van der Waals surface area contributed by atoms with Crippen LogP contribution in [0.5, 0.6) is 11.6 Å². The number of pyridine rings is 1. The van der Waals surface area contributed by atoms with Gasteiger partial charge in [-0.15, -0.1) is 0 Å². The zero-order valence-electron chi connectivity index (χ0n) is 19.0. The van der Waals surface area contributed by atoms with Crippen LogP contribution in [0.2, 0.25) is 0 Å². The van der Waals surface area contributed by atoms with E-state index in [0.717, 1.165) is 10.1 Å². The predicted octanol–water partition coefficient (Wildman–Crippen LogP) is 3.72. The lowest BCUT2D eigenvalue weighted by Crippen LogP contribution is -2.42. The Bertz CT molecular complexity index is 1520. The Morgan fingerprint density at radius 3 is 2.49 bits per heavy atom. The van der Waals surface area contributed by atoms with E-state index in [0.29, 0.717) is 28.4 Å². The number of anilines is 2. The standard InChI is InChI=1S/C25H21FN6O3/c1-3-31-24(33)30-23(32(25(31)34)15-17-4-7-19(26)8-5-17)29-20-9-10-21(16(2)12-20)35-22-11-6-18(13-27)14-28-22/h4-12,14H,3,15H2,1-2H3,(H,29,30,33). The fraction of sp³-hybridized carbons (Fsp3) is 0.160. The van der Waals surface area contributed by atoms with Crippen molar-refractivity contribution < 1.29 is 9.13 Å². The maximum atomic E-state index is 13.3. The van der Waals surface area contributed by atoms with Gasteiger partial charge in [-0.3, -0.25) is 4.57 Å². The van der Waals surface area contributed by atoms with Gasteiger partial charge in [0.15, 0.2) is 0 Å². The van der Waals surface area contributed by atoms with Gasteiger partial charge < -0.3 is 10.1 Å². The maximum Gasteiger partial charge on any atom is 0.354 e. The van der Waals surface area contributed by atoms with Crippen LogP contribution in [-0.4, -0.2) is 19.1 Å². The number of benzene rings is 2. The van der Waals surface area contributed by atoms with E-state index in [2.05, 4.69) is 15.3 Å². The molecule has 2 aromatic carbocycles. The second-order valence-corrected chi connectivity index (χ2v) is 7.66. The topological polar surface area (TPSA) is 115 Å². The second-order valence-electron chi connectivity index (χ2n) is 7.66. The van der Waals surface area contributed by atoms with E-state index in [1.54, 1.807) is 49.4 Å². The lowest BCUT2D eigenvalue weighted by Gasteiger charge is -2.16. The van der Waals surface area contributed by atoms with Crippen LogP contribution in [0.15, 0.2) is 70.4 Å². The van der Waals surface area contributed by atoms with Crippen molar-refractivity contribution in [3.63, 3.8) is 0 Å². The SMILES string of the molecule is CCn1c(=O)nc(Nc2ccc(Oc3ccc(C#N)cn3)c(C)c2)n(Cc2ccc(F)cc2)c1=O. The number of aromatic nitrogens is 4. The smallest absolute Gasteiger partial charge is 0.354 e. The first-order chi connectivity index (χ1) is 16.9. The Hall–Kier alpha value is -4.78. The van der Waals surface area contributed by atoms with Gasteiger partial charge in [0.1, 0.15) is 17.6 Å². The highest BCUT2D eigenvalue weighted by Crippen LogP contribution is 2.27. The third-order valence-electron chi connectivity index (χ3n) is 5.23. The molecule has 35 heavy (non-hydrogen) atoms. The van der Waals surface area contributed by atoms with Crippen LogP contribution >= 0.6 is 0 Å². The Morgan fingerprint density at radius 2 is 1.86 bits per heavy atom. The minimum Gasteiger partial charge on any atom is -0.439 e. The number of nitriles is 1. The maximum absolute atomic E-state index is 13.3. The highest BCUT2D eigenvalue weighted by molar-refractivity contribution is 5.57. The fourth-order valence-corrected chi connectivity index (χ4v) is 3.40. The first kappa shape index (κ1) is 23.4. The van der Waals surface area contributed by atoms with Gasteiger partial charge in [0.05, 0.1) is 12.1 Å². The molecule has 2 heterocycles. The average molecular weight is 472 g/mol. The Morgan fingerprint density at radius 1 is 1.09 bits per heavy atom. The number of nitrogens with zero attached hydrogens (tertiary/aromatic N) is 5. The molecule has 176 valence electrons. The van der Waals surface area contributed by atoms with Gasteiger partial charge in [0, 0.05) is 24.5 Å². The summed E-state index contributed by atoms with van der Waals surface area (Å²) in [5, 5.41) is 11.9. The van der Waals surface area contributed by atoms with Gasteiger partial charge in [-0.05, 0) is 61.4 Å². The van der Waals surface area contributed by atoms with Crippen LogP contribution in [-0.2, 0) is 13.1 Å². The summed E-state index contributed by atoms with van der Waals surface area (Å²) in [6.07, 6.45) is 1.42. The van der Waals surface area contributed by atoms with Crippen LogP contribution in [0.1, 0.15) is 23.6 Å². The van der Waals surface area contributed by atoms with Gasteiger partial charge in [0.25, 0.3) is 0 Å². The Labute approximate surface area is 199 Å². The first-order valence-corrected chi connectivity index (χ1v) is 10.8. The molecule has 0 saturated heterocycles. The van der Waals surface area contributed by atoms with Crippen LogP contribution in [0.3, 0.4) is 0 Å². The summed E-state index contributed by atoms with van der Waals surface area (Å²) in [5.74, 6) is 0.567. The summed E-state index contributed by atoms with van der Waals surface area (Å²) in [4.78, 5) is 33.6. The molecule has 4 aromatic rings. The van der Waals surface area contributed by atoms with Crippen molar-refractivity contribution in [1.29, 1.82) is 5.26 Å². The molecule has 2 aromatic heterocycles. The first-order valence-electron chi connectivity index (χ1n) is 10.8. The van der Waals surface area contributed by atoms with Crippen molar-refractivity contribution in [2.24, 2.45) is 0 Å². The second kappa shape index (κ2) is 10.0. The molecule has 0 aliphatic carbocycles. The number of ether oxygens (including phenoxy) is 1. The molecule has 0 saturated carbocycles. The molecular weight excluding hydrogens is 451 g/mol. The third-order valence-corrected chi connectivity index (χ3v) is 5.23. The number of hydrogen-bond donors (Lipinski definition) is 1. The largest absolute Gasteiger partial charge is 0.439 e. The van der Waals surface area contributed by atoms with Crippen LogP contribution in [0.4, 0.5) is 16.0 Å². The van der Waals surface area contributed by atoms with Crippen molar-refractivity contribution >= 4 is 11.6 Å². The van der Waals surface area contributed by atoms with E-state index in [9.17, 15) is 14.0 Å². The summed E-state index contributed by atoms with van der Waals surface area (Å²) in [7, 11) is 0. The van der Waals surface area contributed by atoms with Crippen molar-refractivity contribution in [3.05, 3.63) is 104 Å². The minimum atomic E-state index is -0.668. The summed E-state index contributed by atoms with van der Waals surface area (Å²) in [6.45, 7) is 3.78. The molecule has 9 nitrogen and oxygen atoms in total. The van der Waals surface area contributed by atoms with Gasteiger partial charge in [-0.1, -0.05) is 12.1 Å².